The number of aryl methyl sites for hydroxylation is 3. The molecule has 0 saturated carbocycles. The first-order chi connectivity index (χ1) is 8.58. The third kappa shape index (κ3) is 2.62. The summed E-state index contributed by atoms with van der Waals surface area (Å²) in [5.74, 6) is 0. The van der Waals surface area contributed by atoms with Gasteiger partial charge in [-0.15, -0.1) is 0 Å². The van der Waals surface area contributed by atoms with E-state index in [4.69, 9.17) is 0 Å². The van der Waals surface area contributed by atoms with Gasteiger partial charge in [0.25, 0.3) is 0 Å². The monoisotopic (exact) mass is 242 g/mol. The van der Waals surface area contributed by atoms with Crippen LogP contribution in [0.3, 0.4) is 0 Å². The molecule has 1 N–H and O–H groups in total. The number of hydrogen-bond donors (Lipinski definition) is 1. The van der Waals surface area contributed by atoms with Crippen molar-refractivity contribution in [2.45, 2.75) is 27.2 Å². The Hall–Kier alpha value is -2.03. The smallest absolute Gasteiger partial charge is 0.307 e. The van der Waals surface area contributed by atoms with Crippen molar-refractivity contribution in [3.05, 3.63) is 53.4 Å². The molecule has 0 saturated heterocycles. The van der Waals surface area contributed by atoms with Gasteiger partial charge in [0.15, 0.2) is 0 Å². The van der Waals surface area contributed by atoms with Crippen LogP contribution in [0.4, 0.5) is 10.5 Å². The molecule has 0 atom stereocenters. The third-order valence-electron chi connectivity index (χ3n) is 2.95. The van der Waals surface area contributed by atoms with Crippen LogP contribution in [0.15, 0.2) is 36.7 Å². The molecule has 18 heavy (non-hydrogen) atoms. The average Bonchev–Trinajstić information content (AvgIpc) is 2.34. The van der Waals surface area contributed by atoms with Crippen LogP contribution in [0.1, 0.15) is 23.1 Å². The van der Waals surface area contributed by atoms with Crippen LogP contribution < -0.4 is 5.32 Å². The minimum atomic E-state index is -0.128. The normalized spacial score (nSPS) is 13.8. The Balaban J connectivity index is 2.19. The maximum Gasteiger partial charge on any atom is 0.329 e. The van der Waals surface area contributed by atoms with Gasteiger partial charge in [0.1, 0.15) is 0 Å². The van der Waals surface area contributed by atoms with E-state index in [1.54, 1.807) is 17.3 Å². The fourth-order valence-corrected chi connectivity index (χ4v) is 2.16. The van der Waals surface area contributed by atoms with Crippen molar-refractivity contribution in [3.63, 3.8) is 0 Å². The van der Waals surface area contributed by atoms with Gasteiger partial charge < -0.3 is 5.32 Å². The molecule has 1 aliphatic heterocycles. The van der Waals surface area contributed by atoms with Crippen molar-refractivity contribution in [3.8, 4) is 0 Å². The summed E-state index contributed by atoms with van der Waals surface area (Å²) in [5.41, 5.74) is 4.29. The Kier molecular flexibility index (Phi) is 3.51. The molecule has 94 valence electrons. The van der Waals surface area contributed by atoms with Crippen molar-refractivity contribution < 1.29 is 4.79 Å². The highest BCUT2D eigenvalue weighted by atomic mass is 16.2. The summed E-state index contributed by atoms with van der Waals surface area (Å²) in [6.45, 7) is 6.08. The number of anilines is 1. The van der Waals surface area contributed by atoms with Crippen LogP contribution in [0.5, 0.6) is 0 Å². The van der Waals surface area contributed by atoms with Gasteiger partial charge in [0.05, 0.1) is 0 Å². The quantitative estimate of drug-likeness (QED) is 0.796. The Morgan fingerprint density at radius 1 is 1.11 bits per heavy atom. The van der Waals surface area contributed by atoms with E-state index >= 15 is 0 Å². The highest BCUT2D eigenvalue weighted by Crippen LogP contribution is 2.22. The lowest BCUT2D eigenvalue weighted by Gasteiger charge is -2.19. The van der Waals surface area contributed by atoms with Gasteiger partial charge in [-0.3, -0.25) is 4.90 Å². The second-order valence-corrected chi connectivity index (χ2v) is 4.62. The first-order valence-corrected chi connectivity index (χ1v) is 6.08. The van der Waals surface area contributed by atoms with E-state index in [0.29, 0.717) is 0 Å². The summed E-state index contributed by atoms with van der Waals surface area (Å²) >= 11 is 0. The minimum absolute atomic E-state index is 0.128. The van der Waals surface area contributed by atoms with Gasteiger partial charge in [-0.2, -0.15) is 0 Å². The molecule has 3 heteroatoms. The van der Waals surface area contributed by atoms with Gasteiger partial charge in [-0.05, 0) is 38.3 Å². The number of amides is 2. The van der Waals surface area contributed by atoms with Crippen molar-refractivity contribution in [2.24, 2.45) is 0 Å². The van der Waals surface area contributed by atoms with Gasteiger partial charge in [0, 0.05) is 18.1 Å². The Labute approximate surface area is 108 Å². The topological polar surface area (TPSA) is 32.3 Å². The number of urea groups is 1. The molecule has 0 unspecified atom stereocenters. The van der Waals surface area contributed by atoms with Crippen LogP contribution in [-0.4, -0.2) is 10.9 Å². The predicted molar refractivity (Wildman–Crippen MR) is 74.4 cm³/mol. The number of hydrogen-bond acceptors (Lipinski definition) is 1. The zero-order valence-corrected chi connectivity index (χ0v) is 11.0. The third-order valence-corrected chi connectivity index (χ3v) is 2.95. The fourth-order valence-electron chi connectivity index (χ4n) is 2.16. The summed E-state index contributed by atoms with van der Waals surface area (Å²) in [6.07, 6.45) is 8.36. The van der Waals surface area contributed by atoms with E-state index in [-0.39, 0.29) is 6.03 Å². The molecule has 2 rings (SSSR count). The minimum Gasteiger partial charge on any atom is -0.307 e. The lowest BCUT2D eigenvalue weighted by atomic mass is 10.1. The SMILES string of the molecule is Cc1cc(C)c(NC(=O)N2C=CCC=C2)c(C)c1. The second kappa shape index (κ2) is 5.08. The first kappa shape index (κ1) is 12.4. The number of nitrogens with zero attached hydrogens (tertiary/aromatic N) is 1. The van der Waals surface area contributed by atoms with Crippen LogP contribution >= 0.6 is 0 Å². The second-order valence-electron chi connectivity index (χ2n) is 4.62. The van der Waals surface area contributed by atoms with Crippen LogP contribution in [-0.2, 0) is 0 Å². The Morgan fingerprint density at radius 3 is 2.22 bits per heavy atom. The lowest BCUT2D eigenvalue weighted by Crippen LogP contribution is -2.27. The molecular weight excluding hydrogens is 224 g/mol. The summed E-state index contributed by atoms with van der Waals surface area (Å²) in [5, 5.41) is 2.96. The summed E-state index contributed by atoms with van der Waals surface area (Å²) < 4.78 is 0. The number of carbonyl (C=O) groups is 1. The van der Waals surface area contributed by atoms with E-state index in [9.17, 15) is 4.79 Å². The predicted octanol–water partition coefficient (Wildman–Crippen LogP) is 3.88. The average molecular weight is 242 g/mol. The zero-order valence-electron chi connectivity index (χ0n) is 11.0. The van der Waals surface area contributed by atoms with Crippen molar-refractivity contribution >= 4 is 11.7 Å². The molecule has 0 aliphatic carbocycles. The summed E-state index contributed by atoms with van der Waals surface area (Å²) in [4.78, 5) is 13.6. The van der Waals surface area contributed by atoms with Gasteiger partial charge in [-0.1, -0.05) is 29.8 Å². The molecule has 1 aromatic carbocycles. The largest absolute Gasteiger partial charge is 0.329 e. The van der Waals surface area contributed by atoms with E-state index in [0.717, 1.165) is 23.2 Å². The summed E-state index contributed by atoms with van der Waals surface area (Å²) in [6, 6.07) is 4.02. The van der Waals surface area contributed by atoms with E-state index < -0.39 is 0 Å². The number of allylic oxidation sites excluding steroid dienone is 2. The highest BCUT2D eigenvalue weighted by Gasteiger charge is 2.12. The van der Waals surface area contributed by atoms with Crippen molar-refractivity contribution in [1.82, 2.24) is 4.90 Å². The van der Waals surface area contributed by atoms with Crippen LogP contribution in [0.2, 0.25) is 0 Å². The molecular formula is C15H18N2O. The van der Waals surface area contributed by atoms with Crippen molar-refractivity contribution in [2.75, 3.05) is 5.32 Å². The number of benzene rings is 1. The van der Waals surface area contributed by atoms with Crippen LogP contribution in [0.25, 0.3) is 0 Å². The molecule has 0 aromatic heterocycles. The Bertz CT molecular complexity index is 494. The maximum atomic E-state index is 12.1. The van der Waals surface area contributed by atoms with Gasteiger partial charge in [0.2, 0.25) is 0 Å². The fraction of sp³-hybridized carbons (Fsp3) is 0.267. The molecule has 0 spiro atoms. The van der Waals surface area contributed by atoms with Crippen molar-refractivity contribution in [1.29, 1.82) is 0 Å². The maximum absolute atomic E-state index is 12.1. The molecule has 1 heterocycles. The lowest BCUT2D eigenvalue weighted by molar-refractivity contribution is 0.238. The molecule has 3 nitrogen and oxygen atoms in total. The first-order valence-electron chi connectivity index (χ1n) is 6.08. The van der Waals surface area contributed by atoms with Gasteiger partial charge >= 0.3 is 6.03 Å². The number of carbonyl (C=O) groups excluding carboxylic acids is 1. The highest BCUT2D eigenvalue weighted by molar-refractivity contribution is 5.92. The Morgan fingerprint density at radius 2 is 1.67 bits per heavy atom. The molecule has 1 aliphatic rings. The molecule has 2 amide bonds. The van der Waals surface area contributed by atoms with E-state index in [1.807, 2.05) is 26.0 Å². The molecule has 0 radical (unpaired) electrons. The summed E-state index contributed by atoms with van der Waals surface area (Å²) in [7, 11) is 0. The number of rotatable bonds is 1. The molecule has 1 aromatic rings. The molecule has 0 fully saturated rings. The van der Waals surface area contributed by atoms with E-state index in [2.05, 4.69) is 24.4 Å². The van der Waals surface area contributed by atoms with E-state index in [1.165, 1.54) is 5.56 Å². The number of nitrogens with one attached hydrogen (secondary N) is 1. The zero-order chi connectivity index (χ0) is 13.1. The van der Waals surface area contributed by atoms with Gasteiger partial charge in [-0.25, -0.2) is 4.79 Å². The standard InChI is InChI=1S/C15H18N2O/c1-11-9-12(2)14(13(3)10-11)16-15(18)17-7-5-4-6-8-17/h5-10H,4H2,1-3H3,(H,16,18). The van der Waals surface area contributed by atoms with Crippen LogP contribution in [0, 0.1) is 20.8 Å². The molecule has 0 bridgehead atoms.